The lowest BCUT2D eigenvalue weighted by Crippen LogP contribution is -2.37. The molecule has 3 heterocycles. The molecule has 0 bridgehead atoms. The molecule has 0 amide bonds. The Kier molecular flexibility index (Phi) is 4.11. The van der Waals surface area contributed by atoms with Gasteiger partial charge in [-0.2, -0.15) is 5.10 Å². The Hall–Kier alpha value is -1.95. The Labute approximate surface area is 142 Å². The summed E-state index contributed by atoms with van der Waals surface area (Å²) in [6.45, 7) is 12.7. The molecule has 130 valence electrons. The normalized spacial score (nSPS) is 15.6. The van der Waals surface area contributed by atoms with Crippen LogP contribution in [0.3, 0.4) is 0 Å². The van der Waals surface area contributed by atoms with Crippen LogP contribution in [0.25, 0.3) is 0 Å². The minimum Gasteiger partial charge on any atom is -0.310 e. The number of aromatic nitrogens is 4. The van der Waals surface area contributed by atoms with E-state index in [1.54, 1.807) is 0 Å². The molecule has 2 aromatic rings. The summed E-state index contributed by atoms with van der Waals surface area (Å²) >= 11 is 0. The summed E-state index contributed by atoms with van der Waals surface area (Å²) in [6, 6.07) is 0. The fourth-order valence-corrected chi connectivity index (χ4v) is 3.24. The summed E-state index contributed by atoms with van der Waals surface area (Å²) in [5.74, 6) is 0.777. The molecule has 2 aromatic heterocycles. The predicted octanol–water partition coefficient (Wildman–Crippen LogP) is 1.98. The Morgan fingerprint density at radius 3 is 2.54 bits per heavy atom. The molecule has 0 saturated heterocycles. The van der Waals surface area contributed by atoms with Crippen LogP contribution in [0.4, 0.5) is 0 Å². The average Bonchev–Trinajstić information content (AvgIpc) is 2.73. The molecule has 0 aliphatic carbocycles. The van der Waals surface area contributed by atoms with Crippen molar-refractivity contribution in [1.82, 2.24) is 24.6 Å². The molecule has 0 fully saturated rings. The molecule has 6 heteroatoms. The van der Waals surface area contributed by atoms with Crippen molar-refractivity contribution in [3.05, 3.63) is 44.4 Å². The molecule has 0 aromatic carbocycles. The smallest absolute Gasteiger partial charge is 0.255 e. The summed E-state index contributed by atoms with van der Waals surface area (Å²) < 4.78 is 1.92. The monoisotopic (exact) mass is 329 g/mol. The van der Waals surface area contributed by atoms with Crippen molar-refractivity contribution < 1.29 is 0 Å². The SMILES string of the molecule is Cc1nn(C)c(C)c1CN1CCc2nc(C(C)(C)C)[nH]c(=O)c2C1. The average molecular weight is 329 g/mol. The lowest BCUT2D eigenvalue weighted by molar-refractivity contribution is 0.240. The van der Waals surface area contributed by atoms with E-state index in [1.807, 2.05) is 18.7 Å². The van der Waals surface area contributed by atoms with Crippen LogP contribution in [-0.2, 0) is 32.0 Å². The first-order valence-electron chi connectivity index (χ1n) is 8.51. The Morgan fingerprint density at radius 1 is 1.25 bits per heavy atom. The highest BCUT2D eigenvalue weighted by molar-refractivity contribution is 5.26. The number of rotatable bonds is 2. The van der Waals surface area contributed by atoms with Crippen LogP contribution in [0.1, 0.15) is 54.8 Å². The van der Waals surface area contributed by atoms with Crippen LogP contribution < -0.4 is 5.56 Å². The van der Waals surface area contributed by atoms with Crippen molar-refractivity contribution in [2.24, 2.45) is 7.05 Å². The number of aromatic amines is 1. The van der Waals surface area contributed by atoms with Gasteiger partial charge in [0.05, 0.1) is 17.0 Å². The molecule has 1 aliphatic rings. The van der Waals surface area contributed by atoms with Crippen LogP contribution in [0, 0.1) is 13.8 Å². The van der Waals surface area contributed by atoms with Crippen molar-refractivity contribution >= 4 is 0 Å². The van der Waals surface area contributed by atoms with Gasteiger partial charge in [0.15, 0.2) is 0 Å². The van der Waals surface area contributed by atoms with Crippen LogP contribution in [-0.4, -0.2) is 31.2 Å². The summed E-state index contributed by atoms with van der Waals surface area (Å²) in [7, 11) is 1.97. The minimum absolute atomic E-state index is 0.00857. The zero-order chi connectivity index (χ0) is 17.6. The molecule has 6 nitrogen and oxygen atoms in total. The van der Waals surface area contributed by atoms with E-state index in [2.05, 4.69) is 42.7 Å². The van der Waals surface area contributed by atoms with Gasteiger partial charge in [-0.25, -0.2) is 4.98 Å². The number of nitrogens with one attached hydrogen (secondary N) is 1. The van der Waals surface area contributed by atoms with Gasteiger partial charge in [0.25, 0.3) is 5.56 Å². The summed E-state index contributed by atoms with van der Waals surface area (Å²) in [4.78, 5) is 22.5. The zero-order valence-electron chi connectivity index (χ0n) is 15.5. The van der Waals surface area contributed by atoms with Gasteiger partial charge in [-0.15, -0.1) is 0 Å². The van der Waals surface area contributed by atoms with Crippen LogP contribution >= 0.6 is 0 Å². The van der Waals surface area contributed by atoms with Gasteiger partial charge in [-0.1, -0.05) is 20.8 Å². The number of hydrogen-bond donors (Lipinski definition) is 1. The molecule has 0 radical (unpaired) electrons. The highest BCUT2D eigenvalue weighted by atomic mass is 16.1. The van der Waals surface area contributed by atoms with Gasteiger partial charge in [0, 0.05) is 49.8 Å². The lowest BCUT2D eigenvalue weighted by atomic mass is 9.95. The highest BCUT2D eigenvalue weighted by Gasteiger charge is 2.25. The number of hydrogen-bond acceptors (Lipinski definition) is 4. The van der Waals surface area contributed by atoms with E-state index in [0.717, 1.165) is 42.3 Å². The van der Waals surface area contributed by atoms with Gasteiger partial charge in [-0.05, 0) is 13.8 Å². The molecule has 1 aliphatic heterocycles. The first-order valence-corrected chi connectivity index (χ1v) is 8.51. The van der Waals surface area contributed by atoms with Crippen LogP contribution in [0.15, 0.2) is 4.79 Å². The maximum absolute atomic E-state index is 12.5. The Bertz CT molecular complexity index is 825. The van der Waals surface area contributed by atoms with Crippen molar-refractivity contribution in [2.75, 3.05) is 6.54 Å². The van der Waals surface area contributed by atoms with Gasteiger partial charge in [0.1, 0.15) is 5.82 Å². The molecule has 0 saturated carbocycles. The van der Waals surface area contributed by atoms with Crippen molar-refractivity contribution in [1.29, 1.82) is 0 Å². The summed E-state index contributed by atoms with van der Waals surface area (Å²) in [5, 5.41) is 4.49. The fraction of sp³-hybridized carbons (Fsp3) is 0.611. The Balaban J connectivity index is 1.86. The second kappa shape index (κ2) is 5.84. The molecule has 3 rings (SSSR count). The van der Waals surface area contributed by atoms with Crippen molar-refractivity contribution in [3.63, 3.8) is 0 Å². The first-order chi connectivity index (χ1) is 11.2. The van der Waals surface area contributed by atoms with E-state index in [9.17, 15) is 4.79 Å². The standard InChI is InChI=1S/C18H27N5O/c1-11-13(12(2)22(6)21-11)9-23-8-7-15-14(10-23)16(24)20-17(19-15)18(3,4)5/h7-10H2,1-6H3,(H,19,20,24). The lowest BCUT2D eigenvalue weighted by Gasteiger charge is -2.29. The highest BCUT2D eigenvalue weighted by Crippen LogP contribution is 2.22. The van der Waals surface area contributed by atoms with Crippen LogP contribution in [0.2, 0.25) is 0 Å². The molecule has 24 heavy (non-hydrogen) atoms. The first kappa shape index (κ1) is 16.9. The summed E-state index contributed by atoms with van der Waals surface area (Å²) in [6.07, 6.45) is 0.820. The molecule has 0 spiro atoms. The fourth-order valence-electron chi connectivity index (χ4n) is 3.24. The van der Waals surface area contributed by atoms with Crippen molar-refractivity contribution in [2.45, 2.75) is 59.5 Å². The number of fused-ring (bicyclic) bond motifs is 1. The third-order valence-corrected chi connectivity index (χ3v) is 4.90. The van der Waals surface area contributed by atoms with E-state index < -0.39 is 0 Å². The second-order valence-electron chi connectivity index (χ2n) is 7.82. The molecular formula is C18H27N5O. The van der Waals surface area contributed by atoms with Gasteiger partial charge >= 0.3 is 0 Å². The topological polar surface area (TPSA) is 66.8 Å². The molecule has 0 atom stereocenters. The van der Waals surface area contributed by atoms with E-state index in [-0.39, 0.29) is 11.0 Å². The largest absolute Gasteiger partial charge is 0.310 e. The number of nitrogens with zero attached hydrogens (tertiary/aromatic N) is 4. The quantitative estimate of drug-likeness (QED) is 0.915. The zero-order valence-corrected chi connectivity index (χ0v) is 15.5. The van der Waals surface area contributed by atoms with E-state index in [0.29, 0.717) is 6.54 Å². The van der Waals surface area contributed by atoms with Gasteiger partial charge in [-0.3, -0.25) is 14.4 Å². The Morgan fingerprint density at radius 2 is 1.96 bits per heavy atom. The predicted molar refractivity (Wildman–Crippen MR) is 94.1 cm³/mol. The van der Waals surface area contributed by atoms with Crippen molar-refractivity contribution in [3.8, 4) is 0 Å². The third kappa shape index (κ3) is 3.02. The van der Waals surface area contributed by atoms with Gasteiger partial charge < -0.3 is 4.98 Å². The maximum atomic E-state index is 12.5. The maximum Gasteiger partial charge on any atom is 0.255 e. The minimum atomic E-state index is -0.144. The molecular weight excluding hydrogens is 302 g/mol. The molecule has 0 unspecified atom stereocenters. The van der Waals surface area contributed by atoms with E-state index in [1.165, 1.54) is 11.3 Å². The number of H-pyrrole nitrogens is 1. The number of aryl methyl sites for hydroxylation is 2. The second-order valence-corrected chi connectivity index (χ2v) is 7.82. The van der Waals surface area contributed by atoms with E-state index >= 15 is 0 Å². The molecule has 1 N–H and O–H groups in total. The summed E-state index contributed by atoms with van der Waals surface area (Å²) in [5.41, 5.74) is 5.15. The van der Waals surface area contributed by atoms with Gasteiger partial charge in [0.2, 0.25) is 0 Å². The van der Waals surface area contributed by atoms with E-state index in [4.69, 9.17) is 4.98 Å². The third-order valence-electron chi connectivity index (χ3n) is 4.90. The van der Waals surface area contributed by atoms with Crippen LogP contribution in [0.5, 0.6) is 0 Å².